The minimum absolute atomic E-state index is 0.106. The van der Waals surface area contributed by atoms with Gasteiger partial charge in [-0.2, -0.15) is 0 Å². The number of rotatable bonds is 6. The van der Waals surface area contributed by atoms with Crippen molar-refractivity contribution in [2.24, 2.45) is 5.92 Å². The Balaban J connectivity index is 2.51. The third-order valence-electron chi connectivity index (χ3n) is 3.43. The first-order chi connectivity index (χ1) is 7.96. The van der Waals surface area contributed by atoms with Crippen molar-refractivity contribution in [2.75, 3.05) is 7.11 Å². The van der Waals surface area contributed by atoms with Crippen molar-refractivity contribution >= 4 is 0 Å². The van der Waals surface area contributed by atoms with Crippen LogP contribution in [0.2, 0.25) is 0 Å². The van der Waals surface area contributed by atoms with E-state index in [2.05, 4.69) is 20.8 Å². The third kappa shape index (κ3) is 4.49. The van der Waals surface area contributed by atoms with Gasteiger partial charge >= 0.3 is 0 Å². The van der Waals surface area contributed by atoms with Gasteiger partial charge in [-0.15, -0.1) is 0 Å². The quantitative estimate of drug-likeness (QED) is 0.818. The molecule has 0 aliphatic rings. The summed E-state index contributed by atoms with van der Waals surface area (Å²) in [6.45, 7) is 6.24. The Labute approximate surface area is 105 Å². The second kappa shape index (κ2) is 6.18. The third-order valence-corrected chi connectivity index (χ3v) is 3.43. The zero-order chi connectivity index (χ0) is 12.9. The minimum Gasteiger partial charge on any atom is -0.388 e. The molecule has 1 aromatic carbocycles. The second-order valence-electron chi connectivity index (χ2n) is 5.34. The summed E-state index contributed by atoms with van der Waals surface area (Å²) in [6, 6.07) is 9.84. The maximum atomic E-state index is 10.2. The summed E-state index contributed by atoms with van der Waals surface area (Å²) in [7, 11) is 1.73. The molecule has 0 aliphatic heterocycles. The van der Waals surface area contributed by atoms with Gasteiger partial charge in [0.15, 0.2) is 0 Å². The Morgan fingerprint density at radius 1 is 1.24 bits per heavy atom. The van der Waals surface area contributed by atoms with E-state index >= 15 is 0 Å². The molecule has 2 nitrogen and oxygen atoms in total. The van der Waals surface area contributed by atoms with Crippen LogP contribution in [-0.2, 0) is 4.74 Å². The zero-order valence-electron chi connectivity index (χ0n) is 11.3. The standard InChI is InChI=1S/C15H24O2/c1-12(10-11-15(2,3)17-4)14(16)13-8-6-5-7-9-13/h5-9,12,14,16H,10-11H2,1-4H3. The van der Waals surface area contributed by atoms with Crippen molar-refractivity contribution < 1.29 is 9.84 Å². The molecule has 17 heavy (non-hydrogen) atoms. The van der Waals surface area contributed by atoms with Crippen LogP contribution in [0.25, 0.3) is 0 Å². The number of hydrogen-bond acceptors (Lipinski definition) is 2. The fourth-order valence-electron chi connectivity index (χ4n) is 1.81. The summed E-state index contributed by atoms with van der Waals surface area (Å²) in [5, 5.41) is 10.2. The Bertz CT molecular complexity index is 319. The summed E-state index contributed by atoms with van der Waals surface area (Å²) < 4.78 is 5.39. The van der Waals surface area contributed by atoms with Gasteiger partial charge in [-0.25, -0.2) is 0 Å². The lowest BCUT2D eigenvalue weighted by atomic mass is 9.89. The van der Waals surface area contributed by atoms with Crippen LogP contribution in [0.15, 0.2) is 30.3 Å². The molecule has 0 radical (unpaired) electrons. The first kappa shape index (κ1) is 14.2. The maximum Gasteiger partial charge on any atom is 0.0815 e. The lowest BCUT2D eigenvalue weighted by Crippen LogP contribution is -2.24. The van der Waals surface area contributed by atoms with Gasteiger partial charge in [-0.05, 0) is 38.2 Å². The lowest BCUT2D eigenvalue weighted by Gasteiger charge is -2.26. The van der Waals surface area contributed by atoms with E-state index in [4.69, 9.17) is 4.74 Å². The average Bonchev–Trinajstić information content (AvgIpc) is 2.36. The van der Waals surface area contributed by atoms with Crippen molar-refractivity contribution in [3.05, 3.63) is 35.9 Å². The van der Waals surface area contributed by atoms with Crippen molar-refractivity contribution in [3.8, 4) is 0 Å². The van der Waals surface area contributed by atoms with Crippen LogP contribution in [-0.4, -0.2) is 17.8 Å². The smallest absolute Gasteiger partial charge is 0.0815 e. The topological polar surface area (TPSA) is 29.5 Å². The van der Waals surface area contributed by atoms with Gasteiger partial charge in [0.05, 0.1) is 11.7 Å². The number of ether oxygens (including phenoxy) is 1. The summed E-state index contributed by atoms with van der Waals surface area (Å²) >= 11 is 0. The van der Waals surface area contributed by atoms with Gasteiger partial charge in [0.25, 0.3) is 0 Å². The van der Waals surface area contributed by atoms with E-state index in [1.165, 1.54) is 0 Å². The molecule has 1 N–H and O–H groups in total. The molecule has 1 rings (SSSR count). The molecule has 96 valence electrons. The molecule has 0 spiro atoms. The van der Waals surface area contributed by atoms with E-state index in [0.717, 1.165) is 18.4 Å². The number of aliphatic hydroxyl groups excluding tert-OH is 1. The van der Waals surface area contributed by atoms with Gasteiger partial charge in [0.1, 0.15) is 0 Å². The van der Waals surface area contributed by atoms with Crippen LogP contribution < -0.4 is 0 Å². The Kier molecular flexibility index (Phi) is 5.16. The molecular formula is C15H24O2. The van der Waals surface area contributed by atoms with E-state index < -0.39 is 0 Å². The largest absolute Gasteiger partial charge is 0.388 e. The molecule has 0 aromatic heterocycles. The summed E-state index contributed by atoms with van der Waals surface area (Å²) in [5.74, 6) is 0.242. The predicted molar refractivity (Wildman–Crippen MR) is 70.9 cm³/mol. The molecule has 1 aromatic rings. The first-order valence-electron chi connectivity index (χ1n) is 6.24. The zero-order valence-corrected chi connectivity index (χ0v) is 11.3. The summed E-state index contributed by atoms with van der Waals surface area (Å²) in [5.41, 5.74) is 0.889. The van der Waals surface area contributed by atoms with Crippen LogP contribution in [0.1, 0.15) is 45.3 Å². The second-order valence-corrected chi connectivity index (χ2v) is 5.34. The molecule has 0 bridgehead atoms. The molecule has 0 saturated carbocycles. The van der Waals surface area contributed by atoms with E-state index in [1.54, 1.807) is 7.11 Å². The van der Waals surface area contributed by atoms with E-state index in [0.29, 0.717) is 0 Å². The first-order valence-corrected chi connectivity index (χ1v) is 6.24. The maximum absolute atomic E-state index is 10.2. The SMILES string of the molecule is COC(C)(C)CCC(C)C(O)c1ccccc1. The molecule has 0 amide bonds. The number of methoxy groups -OCH3 is 1. The van der Waals surface area contributed by atoms with Crippen molar-refractivity contribution in [1.82, 2.24) is 0 Å². The molecule has 2 unspecified atom stereocenters. The van der Waals surface area contributed by atoms with Crippen LogP contribution in [0, 0.1) is 5.92 Å². The number of aliphatic hydroxyl groups is 1. The average molecular weight is 236 g/mol. The monoisotopic (exact) mass is 236 g/mol. The van der Waals surface area contributed by atoms with Crippen LogP contribution in [0.3, 0.4) is 0 Å². The molecule has 2 heteroatoms. The van der Waals surface area contributed by atoms with Crippen LogP contribution in [0.4, 0.5) is 0 Å². The lowest BCUT2D eigenvalue weighted by molar-refractivity contribution is 0.00377. The highest BCUT2D eigenvalue weighted by atomic mass is 16.5. The van der Waals surface area contributed by atoms with Gasteiger partial charge in [-0.1, -0.05) is 37.3 Å². The highest BCUT2D eigenvalue weighted by molar-refractivity contribution is 5.17. The minimum atomic E-state index is -0.385. The van der Waals surface area contributed by atoms with Crippen LogP contribution in [0.5, 0.6) is 0 Å². The van der Waals surface area contributed by atoms with Gasteiger partial charge in [0.2, 0.25) is 0 Å². The fraction of sp³-hybridized carbons (Fsp3) is 0.600. The van der Waals surface area contributed by atoms with E-state index in [-0.39, 0.29) is 17.6 Å². The molecule has 0 aliphatic carbocycles. The molecule has 0 saturated heterocycles. The van der Waals surface area contributed by atoms with Crippen molar-refractivity contribution in [3.63, 3.8) is 0 Å². The number of benzene rings is 1. The Morgan fingerprint density at radius 2 is 1.82 bits per heavy atom. The van der Waals surface area contributed by atoms with E-state index in [1.807, 2.05) is 30.3 Å². The van der Waals surface area contributed by atoms with Crippen molar-refractivity contribution in [1.29, 1.82) is 0 Å². The molecule has 0 fully saturated rings. The molecule has 2 atom stereocenters. The van der Waals surface area contributed by atoms with E-state index in [9.17, 15) is 5.11 Å². The Hall–Kier alpha value is -0.860. The molecular weight excluding hydrogens is 212 g/mol. The Morgan fingerprint density at radius 3 is 2.35 bits per heavy atom. The normalized spacial score (nSPS) is 15.6. The predicted octanol–water partition coefficient (Wildman–Crippen LogP) is 3.56. The highest BCUT2D eigenvalue weighted by Crippen LogP contribution is 2.28. The van der Waals surface area contributed by atoms with Crippen molar-refractivity contribution in [2.45, 2.75) is 45.3 Å². The molecule has 0 heterocycles. The van der Waals surface area contributed by atoms with Gasteiger partial charge in [0, 0.05) is 7.11 Å². The summed E-state index contributed by atoms with van der Waals surface area (Å²) in [6.07, 6.45) is 1.52. The van der Waals surface area contributed by atoms with Gasteiger partial charge in [-0.3, -0.25) is 0 Å². The summed E-state index contributed by atoms with van der Waals surface area (Å²) in [4.78, 5) is 0. The number of hydrogen-bond donors (Lipinski definition) is 1. The van der Waals surface area contributed by atoms with Crippen LogP contribution >= 0.6 is 0 Å². The highest BCUT2D eigenvalue weighted by Gasteiger charge is 2.21. The van der Waals surface area contributed by atoms with Gasteiger partial charge < -0.3 is 9.84 Å². The fourth-order valence-corrected chi connectivity index (χ4v) is 1.81.